The van der Waals surface area contributed by atoms with Gasteiger partial charge < -0.3 is 15.4 Å². The van der Waals surface area contributed by atoms with E-state index in [1.165, 1.54) is 13.3 Å². The van der Waals surface area contributed by atoms with Crippen LogP contribution in [0.5, 0.6) is 0 Å². The van der Waals surface area contributed by atoms with Crippen LogP contribution < -0.4 is 10.6 Å². The first-order valence-electron chi connectivity index (χ1n) is 6.93. The molecule has 1 aromatic carbocycles. The Balaban J connectivity index is 2.00. The summed E-state index contributed by atoms with van der Waals surface area (Å²) >= 11 is 5.33. The molecule has 0 spiro atoms. The first-order valence-corrected chi connectivity index (χ1v) is 7.34. The van der Waals surface area contributed by atoms with Crippen LogP contribution in [-0.4, -0.2) is 16.8 Å². The molecule has 2 N–H and O–H groups in total. The Morgan fingerprint density at radius 2 is 1.85 bits per heavy atom. The van der Waals surface area contributed by atoms with Gasteiger partial charge in [0.1, 0.15) is 0 Å². The molecule has 0 aliphatic heterocycles. The van der Waals surface area contributed by atoms with Crippen LogP contribution in [0.1, 0.15) is 39.0 Å². The number of ether oxygens (including phenoxy) is 1. The SMILES string of the molecule is CC(=O)OC1(NC(=S)Nc2ccccc2)CCCCC1. The summed E-state index contributed by atoms with van der Waals surface area (Å²) in [4.78, 5) is 11.3. The van der Waals surface area contributed by atoms with Gasteiger partial charge in [0.05, 0.1) is 0 Å². The fourth-order valence-corrected chi connectivity index (χ4v) is 2.85. The molecule has 0 amide bonds. The second-order valence-corrected chi connectivity index (χ2v) is 5.50. The molecule has 0 atom stereocenters. The Morgan fingerprint density at radius 1 is 1.20 bits per heavy atom. The molecule has 0 saturated heterocycles. The third-order valence-electron chi connectivity index (χ3n) is 3.37. The van der Waals surface area contributed by atoms with Crippen molar-refractivity contribution in [2.45, 2.75) is 44.8 Å². The second-order valence-electron chi connectivity index (χ2n) is 5.09. The lowest BCUT2D eigenvalue weighted by Gasteiger charge is -2.37. The van der Waals surface area contributed by atoms with Crippen LogP contribution in [-0.2, 0) is 9.53 Å². The van der Waals surface area contributed by atoms with Gasteiger partial charge >= 0.3 is 5.97 Å². The van der Waals surface area contributed by atoms with E-state index in [9.17, 15) is 4.79 Å². The van der Waals surface area contributed by atoms with E-state index in [1.807, 2.05) is 30.3 Å². The number of anilines is 1. The molecule has 1 saturated carbocycles. The molecule has 0 radical (unpaired) electrons. The molecule has 1 fully saturated rings. The minimum Gasteiger partial charge on any atom is -0.439 e. The fraction of sp³-hybridized carbons (Fsp3) is 0.467. The van der Waals surface area contributed by atoms with Crippen LogP contribution in [0.15, 0.2) is 30.3 Å². The number of carbonyl (C=O) groups is 1. The first kappa shape index (κ1) is 14.8. The van der Waals surface area contributed by atoms with Crippen LogP contribution in [0.3, 0.4) is 0 Å². The van der Waals surface area contributed by atoms with Gasteiger partial charge in [-0.15, -0.1) is 0 Å². The molecule has 0 unspecified atom stereocenters. The van der Waals surface area contributed by atoms with Crippen LogP contribution in [0.25, 0.3) is 0 Å². The number of esters is 1. The zero-order valence-electron chi connectivity index (χ0n) is 11.6. The first-order chi connectivity index (χ1) is 9.60. The molecule has 0 heterocycles. The van der Waals surface area contributed by atoms with Crippen LogP contribution >= 0.6 is 12.2 Å². The quantitative estimate of drug-likeness (QED) is 0.509. The van der Waals surface area contributed by atoms with Gasteiger partial charge in [-0.05, 0) is 37.2 Å². The normalized spacial score (nSPS) is 17.1. The highest BCUT2D eigenvalue weighted by molar-refractivity contribution is 7.80. The van der Waals surface area contributed by atoms with Crippen LogP contribution in [0.4, 0.5) is 5.69 Å². The maximum absolute atomic E-state index is 11.3. The van der Waals surface area contributed by atoms with Crippen molar-refractivity contribution in [1.82, 2.24) is 5.32 Å². The predicted octanol–water partition coefficient (Wildman–Crippen LogP) is 3.20. The van der Waals surface area contributed by atoms with Crippen LogP contribution in [0, 0.1) is 0 Å². The van der Waals surface area contributed by atoms with E-state index < -0.39 is 5.72 Å². The van der Waals surface area contributed by atoms with Crippen molar-refractivity contribution in [1.29, 1.82) is 0 Å². The lowest BCUT2D eigenvalue weighted by atomic mass is 9.91. The molecular formula is C15H20N2O2S. The molecule has 108 valence electrons. The van der Waals surface area contributed by atoms with Gasteiger partial charge in [-0.2, -0.15) is 0 Å². The number of para-hydroxylation sites is 1. The summed E-state index contributed by atoms with van der Waals surface area (Å²) in [5.41, 5.74) is 0.266. The van der Waals surface area contributed by atoms with Crippen molar-refractivity contribution in [2.24, 2.45) is 0 Å². The summed E-state index contributed by atoms with van der Waals surface area (Å²) in [6.07, 6.45) is 4.83. The van der Waals surface area contributed by atoms with Crippen molar-refractivity contribution in [3.63, 3.8) is 0 Å². The van der Waals surface area contributed by atoms with E-state index in [-0.39, 0.29) is 5.97 Å². The minimum atomic E-state index is -0.650. The molecule has 1 aliphatic rings. The molecule has 2 rings (SSSR count). The standard InChI is InChI=1S/C15H20N2O2S/c1-12(18)19-15(10-6-3-7-11-15)17-14(20)16-13-8-4-2-5-9-13/h2,4-5,8-9H,3,6-7,10-11H2,1H3,(H2,16,17,20). The summed E-state index contributed by atoms with van der Waals surface area (Å²) in [5.74, 6) is -0.276. The number of hydrogen-bond acceptors (Lipinski definition) is 3. The Labute approximate surface area is 124 Å². The van der Waals surface area contributed by atoms with Gasteiger partial charge in [-0.3, -0.25) is 4.79 Å². The Kier molecular flexibility index (Phi) is 4.95. The summed E-state index contributed by atoms with van der Waals surface area (Å²) < 4.78 is 5.51. The highest BCUT2D eigenvalue weighted by Crippen LogP contribution is 2.29. The smallest absolute Gasteiger partial charge is 0.304 e. The van der Waals surface area contributed by atoms with Crippen molar-refractivity contribution < 1.29 is 9.53 Å². The largest absolute Gasteiger partial charge is 0.439 e. The highest BCUT2D eigenvalue weighted by Gasteiger charge is 2.35. The lowest BCUT2D eigenvalue weighted by molar-refractivity contribution is -0.162. The Hall–Kier alpha value is -1.62. The van der Waals surface area contributed by atoms with Crippen LogP contribution in [0.2, 0.25) is 0 Å². The Morgan fingerprint density at radius 3 is 2.45 bits per heavy atom. The lowest BCUT2D eigenvalue weighted by Crippen LogP contribution is -2.53. The Bertz CT molecular complexity index is 470. The second kappa shape index (κ2) is 6.70. The number of nitrogens with one attached hydrogen (secondary N) is 2. The van der Waals surface area contributed by atoms with E-state index in [1.54, 1.807) is 0 Å². The van der Waals surface area contributed by atoms with Gasteiger partial charge in [0, 0.05) is 25.5 Å². The summed E-state index contributed by atoms with van der Waals surface area (Å²) in [6.45, 7) is 1.44. The molecule has 0 bridgehead atoms. The fourth-order valence-electron chi connectivity index (χ4n) is 2.54. The number of thiocarbonyl (C=S) groups is 1. The van der Waals surface area contributed by atoms with Crippen molar-refractivity contribution in [2.75, 3.05) is 5.32 Å². The van der Waals surface area contributed by atoms with Crippen molar-refractivity contribution in [3.05, 3.63) is 30.3 Å². The summed E-state index contributed by atoms with van der Waals surface area (Å²) in [7, 11) is 0. The third-order valence-corrected chi connectivity index (χ3v) is 3.58. The predicted molar refractivity (Wildman–Crippen MR) is 83.4 cm³/mol. The van der Waals surface area contributed by atoms with Crippen molar-refractivity contribution >= 4 is 29.0 Å². The number of benzene rings is 1. The monoisotopic (exact) mass is 292 g/mol. The molecular weight excluding hydrogens is 272 g/mol. The number of rotatable bonds is 3. The average Bonchev–Trinajstić information content (AvgIpc) is 2.39. The van der Waals surface area contributed by atoms with E-state index in [0.717, 1.165) is 31.4 Å². The molecule has 20 heavy (non-hydrogen) atoms. The van der Waals surface area contributed by atoms with Crippen molar-refractivity contribution in [3.8, 4) is 0 Å². The van der Waals surface area contributed by atoms with E-state index in [2.05, 4.69) is 10.6 Å². The van der Waals surface area contributed by atoms with Gasteiger partial charge in [0.2, 0.25) is 0 Å². The van der Waals surface area contributed by atoms with Gasteiger partial charge in [0.15, 0.2) is 10.8 Å². The average molecular weight is 292 g/mol. The molecule has 5 heteroatoms. The maximum atomic E-state index is 11.3. The molecule has 0 aromatic heterocycles. The zero-order chi connectivity index (χ0) is 14.4. The van der Waals surface area contributed by atoms with E-state index in [0.29, 0.717) is 5.11 Å². The van der Waals surface area contributed by atoms with E-state index >= 15 is 0 Å². The van der Waals surface area contributed by atoms with Gasteiger partial charge in [0.25, 0.3) is 0 Å². The minimum absolute atomic E-state index is 0.276. The highest BCUT2D eigenvalue weighted by atomic mass is 32.1. The number of hydrogen-bond donors (Lipinski definition) is 2. The summed E-state index contributed by atoms with van der Waals surface area (Å²) in [5, 5.41) is 6.79. The topological polar surface area (TPSA) is 50.4 Å². The van der Waals surface area contributed by atoms with Gasteiger partial charge in [-0.1, -0.05) is 24.6 Å². The number of carbonyl (C=O) groups excluding carboxylic acids is 1. The van der Waals surface area contributed by atoms with Gasteiger partial charge in [-0.25, -0.2) is 0 Å². The summed E-state index contributed by atoms with van der Waals surface area (Å²) in [6, 6.07) is 9.70. The molecule has 1 aliphatic carbocycles. The molecule has 4 nitrogen and oxygen atoms in total. The third kappa shape index (κ3) is 4.20. The maximum Gasteiger partial charge on any atom is 0.304 e. The van der Waals surface area contributed by atoms with E-state index in [4.69, 9.17) is 17.0 Å². The zero-order valence-corrected chi connectivity index (χ0v) is 12.5. The molecule has 1 aromatic rings.